The summed E-state index contributed by atoms with van der Waals surface area (Å²) in [6.45, 7) is 9.00. The molecule has 7 rings (SSSR count). The van der Waals surface area contributed by atoms with Crippen LogP contribution in [0.5, 0.6) is 23.0 Å². The molecule has 5 aromatic rings. The summed E-state index contributed by atoms with van der Waals surface area (Å²) >= 11 is 3.07. The maximum absolute atomic E-state index is 15.4. The maximum Gasteiger partial charge on any atom is 0.240 e. The highest BCUT2D eigenvalue weighted by atomic mass is 32.2. The molecule has 280 valence electrons. The average molecular weight is 763 g/mol. The lowest BCUT2D eigenvalue weighted by molar-refractivity contribution is -0.143. The summed E-state index contributed by atoms with van der Waals surface area (Å²) in [6.07, 6.45) is 0. The SMILES string of the molecule is CCOc1ccc(CN2C(=O)CSC2(c2c(C)cccc2OC)C2(c3c(OC)cccc3OC)SC(C)(C)C(=O)N2Cc2ccc3ccccc3c2)cc1. The zero-order valence-electron chi connectivity index (χ0n) is 31.8. The highest BCUT2D eigenvalue weighted by Crippen LogP contribution is 2.72. The number of fused-ring (bicyclic) bond motifs is 1. The van der Waals surface area contributed by atoms with Crippen LogP contribution in [-0.2, 0) is 32.4 Å². The van der Waals surface area contributed by atoms with Crippen molar-refractivity contribution in [2.45, 2.75) is 55.3 Å². The van der Waals surface area contributed by atoms with Crippen LogP contribution in [0.15, 0.2) is 103 Å². The van der Waals surface area contributed by atoms with Crippen LogP contribution in [0.4, 0.5) is 0 Å². The predicted octanol–water partition coefficient (Wildman–Crippen LogP) is 8.91. The van der Waals surface area contributed by atoms with Crippen LogP contribution in [0.25, 0.3) is 10.8 Å². The number of carbonyl (C=O) groups is 2. The molecule has 0 aliphatic carbocycles. The first-order valence-corrected chi connectivity index (χ1v) is 19.9. The van der Waals surface area contributed by atoms with Crippen molar-refractivity contribution in [3.8, 4) is 23.0 Å². The third kappa shape index (κ3) is 6.04. The molecule has 2 saturated heterocycles. The lowest BCUT2D eigenvalue weighted by Crippen LogP contribution is -2.61. The molecule has 0 bridgehead atoms. The highest BCUT2D eigenvalue weighted by molar-refractivity contribution is 8.06. The number of carbonyl (C=O) groups excluding carboxylic acids is 2. The first kappa shape index (κ1) is 37.5. The number of rotatable bonds is 12. The van der Waals surface area contributed by atoms with E-state index in [9.17, 15) is 4.79 Å². The van der Waals surface area contributed by atoms with Crippen molar-refractivity contribution in [1.82, 2.24) is 9.80 Å². The molecule has 8 nitrogen and oxygen atoms in total. The minimum absolute atomic E-state index is 0.0594. The molecule has 0 radical (unpaired) electrons. The van der Waals surface area contributed by atoms with Crippen LogP contribution < -0.4 is 18.9 Å². The zero-order valence-corrected chi connectivity index (χ0v) is 33.4. The van der Waals surface area contributed by atoms with Crippen LogP contribution >= 0.6 is 23.5 Å². The normalized spacial score (nSPS) is 20.8. The van der Waals surface area contributed by atoms with Crippen LogP contribution in [0.3, 0.4) is 0 Å². The van der Waals surface area contributed by atoms with Gasteiger partial charge in [0, 0.05) is 18.7 Å². The Bertz CT molecular complexity index is 2190. The second-order valence-electron chi connectivity index (χ2n) is 14.0. The first-order chi connectivity index (χ1) is 26.0. The van der Waals surface area contributed by atoms with Crippen molar-refractivity contribution in [1.29, 1.82) is 0 Å². The molecule has 5 aromatic carbocycles. The molecule has 2 unspecified atom stereocenters. The van der Waals surface area contributed by atoms with Crippen molar-refractivity contribution >= 4 is 46.1 Å². The summed E-state index contributed by atoms with van der Waals surface area (Å²) in [5.74, 6) is 2.51. The number of hydrogen-bond donors (Lipinski definition) is 0. The second kappa shape index (κ2) is 14.8. The second-order valence-corrected chi connectivity index (χ2v) is 17.0. The Morgan fingerprint density at radius 2 is 1.26 bits per heavy atom. The standard InChI is InChI=1S/C44H46N2O6S2/c1-8-52-34-23-20-30(21-24-34)26-45-38(47)28-53-43(45,39-29(2)13-11-16-35(39)49-5)44(40-36(50-6)17-12-18-37(40)51-7)46(41(48)42(3,4)54-44)27-31-19-22-32-14-9-10-15-33(32)25-31/h9-25H,8,26-28H2,1-7H3. The summed E-state index contributed by atoms with van der Waals surface area (Å²) < 4.78 is 23.5. The molecule has 0 aromatic heterocycles. The number of amides is 2. The number of ether oxygens (including phenoxy) is 4. The van der Waals surface area contributed by atoms with Gasteiger partial charge in [-0.2, -0.15) is 0 Å². The molecule has 10 heteroatoms. The summed E-state index contributed by atoms with van der Waals surface area (Å²) in [7, 11) is 4.93. The van der Waals surface area contributed by atoms with Crippen LogP contribution in [0.2, 0.25) is 0 Å². The van der Waals surface area contributed by atoms with Gasteiger partial charge in [0.2, 0.25) is 11.8 Å². The molecule has 2 fully saturated rings. The van der Waals surface area contributed by atoms with E-state index < -0.39 is 14.5 Å². The number of methoxy groups -OCH3 is 3. The van der Waals surface area contributed by atoms with Gasteiger partial charge in [0.25, 0.3) is 0 Å². The number of benzene rings is 5. The Morgan fingerprint density at radius 3 is 1.91 bits per heavy atom. The van der Waals surface area contributed by atoms with E-state index in [-0.39, 0.29) is 30.7 Å². The van der Waals surface area contributed by atoms with E-state index in [1.54, 1.807) is 21.3 Å². The molecule has 0 saturated carbocycles. The van der Waals surface area contributed by atoms with E-state index in [2.05, 4.69) is 30.3 Å². The van der Waals surface area contributed by atoms with E-state index in [0.717, 1.165) is 38.8 Å². The van der Waals surface area contributed by atoms with Gasteiger partial charge in [0.15, 0.2) is 9.74 Å². The fourth-order valence-electron chi connectivity index (χ4n) is 8.07. The smallest absolute Gasteiger partial charge is 0.240 e. The molecule has 2 amide bonds. The van der Waals surface area contributed by atoms with Gasteiger partial charge in [-0.3, -0.25) is 9.59 Å². The monoisotopic (exact) mass is 762 g/mol. The topological polar surface area (TPSA) is 77.5 Å². The Kier molecular flexibility index (Phi) is 10.3. The van der Waals surface area contributed by atoms with Crippen molar-refractivity contribution in [2.24, 2.45) is 0 Å². The minimum Gasteiger partial charge on any atom is -0.496 e. The molecule has 2 heterocycles. The number of aryl methyl sites for hydroxylation is 1. The van der Waals surface area contributed by atoms with Crippen LogP contribution in [-0.4, -0.2) is 60.1 Å². The third-order valence-electron chi connectivity index (χ3n) is 10.4. The summed E-state index contributed by atoms with van der Waals surface area (Å²) in [5.41, 5.74) is 4.28. The Labute approximate surface area is 326 Å². The van der Waals surface area contributed by atoms with Gasteiger partial charge in [-0.1, -0.05) is 66.7 Å². The van der Waals surface area contributed by atoms with E-state index in [0.29, 0.717) is 29.4 Å². The summed E-state index contributed by atoms with van der Waals surface area (Å²) in [5, 5.41) is 2.19. The Balaban J connectivity index is 1.60. The van der Waals surface area contributed by atoms with Crippen molar-refractivity contribution in [2.75, 3.05) is 33.7 Å². The van der Waals surface area contributed by atoms with Gasteiger partial charge in [0.1, 0.15) is 23.0 Å². The quantitative estimate of drug-likeness (QED) is 0.125. The van der Waals surface area contributed by atoms with E-state index in [1.165, 1.54) is 23.5 Å². The summed E-state index contributed by atoms with van der Waals surface area (Å²) in [4.78, 5) is 31.5. The van der Waals surface area contributed by atoms with Gasteiger partial charge in [-0.15, -0.1) is 23.5 Å². The highest BCUT2D eigenvalue weighted by Gasteiger charge is 2.74. The average Bonchev–Trinajstić information content (AvgIpc) is 3.61. The molecular weight excluding hydrogens is 717 g/mol. The number of nitrogens with zero attached hydrogens (tertiary/aromatic N) is 2. The third-order valence-corrected chi connectivity index (χ3v) is 13.7. The van der Waals surface area contributed by atoms with E-state index in [4.69, 9.17) is 18.9 Å². The predicted molar refractivity (Wildman–Crippen MR) is 217 cm³/mol. The van der Waals surface area contributed by atoms with Gasteiger partial charge < -0.3 is 28.7 Å². The molecule has 2 aliphatic heterocycles. The van der Waals surface area contributed by atoms with Gasteiger partial charge >= 0.3 is 0 Å². The lowest BCUT2D eigenvalue weighted by atomic mass is 9.84. The molecule has 0 N–H and O–H groups in total. The molecule has 54 heavy (non-hydrogen) atoms. The van der Waals surface area contributed by atoms with Crippen molar-refractivity contribution < 1.29 is 28.5 Å². The maximum atomic E-state index is 15.4. The lowest BCUT2D eigenvalue weighted by Gasteiger charge is -2.54. The van der Waals surface area contributed by atoms with Gasteiger partial charge in [-0.25, -0.2) is 0 Å². The Hall–Kier alpha value is -4.80. The molecule has 2 aliphatic rings. The van der Waals surface area contributed by atoms with Crippen LogP contribution in [0, 0.1) is 6.92 Å². The molecular formula is C44H46N2O6S2. The van der Waals surface area contributed by atoms with Gasteiger partial charge in [0.05, 0.1) is 44.0 Å². The largest absolute Gasteiger partial charge is 0.496 e. The van der Waals surface area contributed by atoms with Crippen LogP contribution in [0.1, 0.15) is 48.6 Å². The fourth-order valence-corrected chi connectivity index (χ4v) is 11.8. The Morgan fingerprint density at radius 1 is 0.667 bits per heavy atom. The van der Waals surface area contributed by atoms with Crippen molar-refractivity contribution in [3.63, 3.8) is 0 Å². The first-order valence-electron chi connectivity index (χ1n) is 18.1. The van der Waals surface area contributed by atoms with E-state index in [1.807, 2.05) is 110 Å². The molecule has 2 atom stereocenters. The van der Waals surface area contributed by atoms with Crippen molar-refractivity contribution in [3.05, 3.63) is 131 Å². The number of hydrogen-bond acceptors (Lipinski definition) is 8. The fraction of sp³-hybridized carbons (Fsp3) is 0.318. The summed E-state index contributed by atoms with van der Waals surface area (Å²) in [6, 6.07) is 34.1. The zero-order chi connectivity index (χ0) is 38.3. The van der Waals surface area contributed by atoms with Gasteiger partial charge in [-0.05, 0) is 91.6 Å². The van der Waals surface area contributed by atoms with E-state index >= 15 is 4.79 Å². The number of thioether (sulfide) groups is 2. The molecule has 0 spiro atoms. The minimum atomic E-state index is -1.33.